The van der Waals surface area contributed by atoms with Crippen LogP contribution < -0.4 is 5.32 Å². The van der Waals surface area contributed by atoms with Gasteiger partial charge in [0.25, 0.3) is 5.91 Å². The van der Waals surface area contributed by atoms with Gasteiger partial charge in [-0.1, -0.05) is 0 Å². The van der Waals surface area contributed by atoms with E-state index >= 15 is 0 Å². The number of carbonyl (C=O) groups excluding carboxylic acids is 2. The first kappa shape index (κ1) is 8.43. The molecule has 1 heterocycles. The molecule has 0 atom stereocenters. The molecule has 0 bridgehead atoms. The van der Waals surface area contributed by atoms with Crippen molar-refractivity contribution >= 4 is 24.1 Å². The average molecular weight is 150 g/mol. The van der Waals surface area contributed by atoms with E-state index in [0.29, 0.717) is 13.0 Å². The highest BCUT2D eigenvalue weighted by molar-refractivity contribution is 6.36. The van der Waals surface area contributed by atoms with Crippen LogP contribution in [0.1, 0.15) is 12.8 Å². The number of hydrogen-bond acceptors (Lipinski definition) is 2. The normalized spacial score (nSPS) is 18.2. The molecule has 1 fully saturated rings. The molecule has 0 radical (unpaired) electrons. The maximum atomic E-state index is 10.4. The van der Waals surface area contributed by atoms with Crippen molar-refractivity contribution in [1.82, 2.24) is 5.32 Å². The van der Waals surface area contributed by atoms with Crippen LogP contribution in [-0.4, -0.2) is 18.2 Å². The van der Waals surface area contributed by atoms with E-state index in [0.717, 1.165) is 6.42 Å². The molecule has 0 aromatic carbocycles. The largest absolute Gasteiger partial charge is 0.349 e. The Balaban J connectivity index is 0.000000640. The summed E-state index contributed by atoms with van der Waals surface area (Å²) in [6, 6.07) is 0. The van der Waals surface area contributed by atoms with E-state index in [-0.39, 0.29) is 18.2 Å². The summed E-state index contributed by atoms with van der Waals surface area (Å²) in [4.78, 5) is 20.7. The van der Waals surface area contributed by atoms with Crippen LogP contribution in [0, 0.1) is 0 Å². The lowest BCUT2D eigenvalue weighted by Crippen LogP contribution is -2.36. The van der Waals surface area contributed by atoms with E-state index in [1.165, 1.54) is 0 Å². The number of rotatable bonds is 0. The van der Waals surface area contributed by atoms with Crippen LogP contribution in [0.3, 0.4) is 0 Å². The van der Waals surface area contributed by atoms with Crippen molar-refractivity contribution in [2.45, 2.75) is 12.8 Å². The molecule has 4 heteroatoms. The van der Waals surface area contributed by atoms with E-state index in [9.17, 15) is 9.59 Å². The van der Waals surface area contributed by atoms with Gasteiger partial charge >= 0.3 is 0 Å². The maximum Gasteiger partial charge on any atom is 0.287 e. The van der Waals surface area contributed by atoms with Crippen LogP contribution in [0.15, 0.2) is 0 Å². The van der Waals surface area contributed by atoms with Gasteiger partial charge in [-0.25, -0.2) is 0 Å². The van der Waals surface area contributed by atoms with Crippen LogP contribution >= 0.6 is 12.4 Å². The second-order valence-electron chi connectivity index (χ2n) is 1.78. The van der Waals surface area contributed by atoms with Crippen LogP contribution in [0.25, 0.3) is 0 Å². The summed E-state index contributed by atoms with van der Waals surface area (Å²) in [5.41, 5.74) is 0. The van der Waals surface area contributed by atoms with Gasteiger partial charge in [-0.2, -0.15) is 0 Å². The molecular formula is C5H8ClNO2. The molecule has 0 saturated carbocycles. The fraction of sp³-hybridized carbons (Fsp3) is 0.600. The first-order valence-electron chi connectivity index (χ1n) is 2.62. The van der Waals surface area contributed by atoms with E-state index in [2.05, 4.69) is 5.32 Å². The SMILES string of the molecule is Cl.O=C1CCCNC1=O. The predicted octanol–water partition coefficient (Wildman–Crippen LogP) is -0.113. The lowest BCUT2D eigenvalue weighted by Gasteiger charge is -2.07. The highest BCUT2D eigenvalue weighted by atomic mass is 35.5. The number of Topliss-reactive ketones (excluding diaryl/α,β-unsaturated/α-hetero) is 1. The van der Waals surface area contributed by atoms with Gasteiger partial charge in [0.2, 0.25) is 5.78 Å². The number of nitrogens with one attached hydrogen (secondary N) is 1. The molecule has 1 rings (SSSR count). The summed E-state index contributed by atoms with van der Waals surface area (Å²) in [6.45, 7) is 0.657. The van der Waals surface area contributed by atoms with Gasteiger partial charge in [-0.15, -0.1) is 12.4 Å². The number of halogens is 1. The highest BCUT2D eigenvalue weighted by Gasteiger charge is 2.16. The van der Waals surface area contributed by atoms with Crippen molar-refractivity contribution in [3.8, 4) is 0 Å². The lowest BCUT2D eigenvalue weighted by atomic mass is 10.1. The Kier molecular flexibility index (Phi) is 3.24. The predicted molar refractivity (Wildman–Crippen MR) is 34.5 cm³/mol. The van der Waals surface area contributed by atoms with E-state index in [1.54, 1.807) is 0 Å². The standard InChI is InChI=1S/C5H7NO2.ClH/c7-4-2-1-3-6-5(4)8;/h1-3H2,(H,6,8);1H. The third-order valence-corrected chi connectivity index (χ3v) is 1.12. The Hall–Kier alpha value is -0.570. The summed E-state index contributed by atoms with van der Waals surface area (Å²) >= 11 is 0. The first-order chi connectivity index (χ1) is 3.80. The highest BCUT2D eigenvalue weighted by Crippen LogP contribution is 1.94. The maximum absolute atomic E-state index is 10.4. The van der Waals surface area contributed by atoms with Crippen LogP contribution in [0.4, 0.5) is 0 Å². The molecule has 1 aliphatic rings. The zero-order chi connectivity index (χ0) is 5.98. The minimum Gasteiger partial charge on any atom is -0.349 e. The topological polar surface area (TPSA) is 46.2 Å². The molecule has 0 aromatic heterocycles. The Morgan fingerprint density at radius 1 is 1.33 bits per heavy atom. The number of piperidine rings is 1. The Bertz CT molecular complexity index is 119. The summed E-state index contributed by atoms with van der Waals surface area (Å²) < 4.78 is 0. The van der Waals surface area contributed by atoms with Crippen LogP contribution in [0.2, 0.25) is 0 Å². The van der Waals surface area contributed by atoms with Crippen LogP contribution in [-0.2, 0) is 9.59 Å². The number of hydrogen-bond donors (Lipinski definition) is 1. The number of carbonyl (C=O) groups is 2. The van der Waals surface area contributed by atoms with Crippen molar-refractivity contribution in [3.63, 3.8) is 0 Å². The molecule has 52 valence electrons. The van der Waals surface area contributed by atoms with Crippen molar-refractivity contribution < 1.29 is 9.59 Å². The van der Waals surface area contributed by atoms with Gasteiger partial charge < -0.3 is 5.32 Å². The van der Waals surface area contributed by atoms with Gasteiger partial charge in [-0.05, 0) is 6.42 Å². The Morgan fingerprint density at radius 2 is 2.00 bits per heavy atom. The molecule has 0 aromatic rings. The van der Waals surface area contributed by atoms with Gasteiger partial charge in [0, 0.05) is 13.0 Å². The summed E-state index contributed by atoms with van der Waals surface area (Å²) in [7, 11) is 0. The second kappa shape index (κ2) is 3.45. The molecule has 0 aliphatic carbocycles. The van der Waals surface area contributed by atoms with Gasteiger partial charge in [0.15, 0.2) is 0 Å². The third-order valence-electron chi connectivity index (χ3n) is 1.12. The summed E-state index contributed by atoms with van der Waals surface area (Å²) in [5, 5.41) is 2.44. The fourth-order valence-electron chi connectivity index (χ4n) is 0.663. The zero-order valence-electron chi connectivity index (χ0n) is 4.85. The van der Waals surface area contributed by atoms with Crippen molar-refractivity contribution in [3.05, 3.63) is 0 Å². The second-order valence-corrected chi connectivity index (χ2v) is 1.78. The average Bonchev–Trinajstić information content (AvgIpc) is 1.77. The molecule has 3 nitrogen and oxygen atoms in total. The quantitative estimate of drug-likeness (QED) is 0.489. The third kappa shape index (κ3) is 2.01. The first-order valence-corrected chi connectivity index (χ1v) is 2.62. The minimum atomic E-state index is -0.420. The lowest BCUT2D eigenvalue weighted by molar-refractivity contribution is -0.139. The van der Waals surface area contributed by atoms with Gasteiger partial charge in [-0.3, -0.25) is 9.59 Å². The smallest absolute Gasteiger partial charge is 0.287 e. The molecule has 1 N–H and O–H groups in total. The molecule has 1 saturated heterocycles. The number of amides is 1. The molecule has 0 unspecified atom stereocenters. The summed E-state index contributed by atoms with van der Waals surface area (Å²) in [6.07, 6.45) is 1.22. The van der Waals surface area contributed by atoms with E-state index in [4.69, 9.17) is 0 Å². The van der Waals surface area contributed by atoms with Crippen molar-refractivity contribution in [2.24, 2.45) is 0 Å². The van der Waals surface area contributed by atoms with Crippen molar-refractivity contribution in [2.75, 3.05) is 6.54 Å². The molecule has 9 heavy (non-hydrogen) atoms. The molecule has 1 amide bonds. The molecular weight excluding hydrogens is 142 g/mol. The van der Waals surface area contributed by atoms with Crippen LogP contribution in [0.5, 0.6) is 0 Å². The van der Waals surface area contributed by atoms with E-state index < -0.39 is 5.91 Å². The van der Waals surface area contributed by atoms with Gasteiger partial charge in [0.05, 0.1) is 0 Å². The van der Waals surface area contributed by atoms with Gasteiger partial charge in [0.1, 0.15) is 0 Å². The molecule has 1 aliphatic heterocycles. The number of ketones is 1. The van der Waals surface area contributed by atoms with Crippen molar-refractivity contribution in [1.29, 1.82) is 0 Å². The monoisotopic (exact) mass is 149 g/mol. The fourth-order valence-corrected chi connectivity index (χ4v) is 0.663. The molecule has 0 spiro atoms. The Labute approximate surface area is 59.2 Å². The Morgan fingerprint density at radius 3 is 2.33 bits per heavy atom. The van der Waals surface area contributed by atoms with E-state index in [1.807, 2.05) is 0 Å². The minimum absolute atomic E-state index is 0. The summed E-state index contributed by atoms with van der Waals surface area (Å²) in [5.74, 6) is -0.701. The zero-order valence-corrected chi connectivity index (χ0v) is 5.66.